The molecule has 3 aliphatic heterocycles. The number of benzene rings is 1. The van der Waals surface area contributed by atoms with Crippen LogP contribution in [-0.2, 0) is 6.42 Å². The Bertz CT molecular complexity index is 595. The fourth-order valence-electron chi connectivity index (χ4n) is 4.02. The van der Waals surface area contributed by atoms with E-state index in [4.69, 9.17) is 4.74 Å². The van der Waals surface area contributed by atoms with Gasteiger partial charge >= 0.3 is 0 Å². The Morgan fingerprint density at radius 1 is 1.04 bits per heavy atom. The molecule has 1 aromatic rings. The van der Waals surface area contributed by atoms with E-state index in [9.17, 15) is 0 Å². The number of para-hydroxylation sites is 1. The summed E-state index contributed by atoms with van der Waals surface area (Å²) in [6, 6.07) is 6.65. The molecule has 3 heterocycles. The lowest BCUT2D eigenvalue weighted by atomic mass is 10.0. The van der Waals surface area contributed by atoms with Crippen molar-refractivity contribution in [3.05, 3.63) is 36.2 Å². The minimum atomic E-state index is 0.867. The number of unbranched alkanes of at least 4 members (excludes halogenated alkanes) is 1. The maximum absolute atomic E-state index is 5.99. The van der Waals surface area contributed by atoms with Gasteiger partial charge in [0.2, 0.25) is 0 Å². The van der Waals surface area contributed by atoms with Crippen molar-refractivity contribution >= 4 is 5.69 Å². The van der Waals surface area contributed by atoms with Gasteiger partial charge in [-0.25, -0.2) is 0 Å². The van der Waals surface area contributed by atoms with E-state index < -0.39 is 0 Å². The zero-order valence-corrected chi connectivity index (χ0v) is 15.1. The fraction of sp³-hybridized carbons (Fsp3) is 0.600. The summed E-state index contributed by atoms with van der Waals surface area (Å²) in [7, 11) is 0. The molecule has 0 unspecified atom stereocenters. The van der Waals surface area contributed by atoms with E-state index in [0.29, 0.717) is 0 Å². The number of ether oxygens (including phenoxy) is 1. The quantitative estimate of drug-likeness (QED) is 0.802. The summed E-state index contributed by atoms with van der Waals surface area (Å²) in [4.78, 5) is 7.47. The monoisotopic (exact) mass is 342 g/mol. The predicted octanol–water partition coefficient (Wildman–Crippen LogP) is 2.25. The third kappa shape index (κ3) is 4.03. The summed E-state index contributed by atoms with van der Waals surface area (Å²) >= 11 is 0. The van der Waals surface area contributed by atoms with Gasteiger partial charge in [-0.15, -0.1) is 0 Å². The molecule has 0 aromatic heterocycles. The zero-order valence-electron chi connectivity index (χ0n) is 15.1. The van der Waals surface area contributed by atoms with E-state index in [2.05, 4.69) is 44.4 Å². The lowest BCUT2D eigenvalue weighted by molar-refractivity contribution is 0.245. The molecular formula is C20H30N4O. The van der Waals surface area contributed by atoms with Crippen LogP contribution in [0.3, 0.4) is 0 Å². The minimum Gasteiger partial charge on any atom is -0.491 e. The van der Waals surface area contributed by atoms with Crippen molar-refractivity contribution in [1.29, 1.82) is 0 Å². The molecule has 0 aliphatic carbocycles. The highest BCUT2D eigenvalue weighted by molar-refractivity contribution is 5.62. The maximum atomic E-state index is 5.99. The average Bonchev–Trinajstić information content (AvgIpc) is 3.19. The van der Waals surface area contributed by atoms with Crippen LogP contribution in [0, 0.1) is 0 Å². The van der Waals surface area contributed by atoms with Crippen molar-refractivity contribution in [1.82, 2.24) is 15.1 Å². The van der Waals surface area contributed by atoms with Crippen LogP contribution in [0.2, 0.25) is 0 Å². The molecule has 0 saturated carbocycles. The highest BCUT2D eigenvalue weighted by Gasteiger charge is 2.22. The van der Waals surface area contributed by atoms with Crippen LogP contribution in [0.15, 0.2) is 30.6 Å². The van der Waals surface area contributed by atoms with Gasteiger partial charge in [-0.05, 0) is 43.9 Å². The smallest absolute Gasteiger partial charge is 0.145 e. The van der Waals surface area contributed by atoms with Gasteiger partial charge in [0, 0.05) is 45.1 Å². The molecule has 0 atom stereocenters. The normalized spacial score (nSPS) is 20.3. The van der Waals surface area contributed by atoms with Gasteiger partial charge in [-0.3, -0.25) is 4.90 Å². The van der Waals surface area contributed by atoms with Gasteiger partial charge < -0.3 is 19.9 Å². The topological polar surface area (TPSA) is 31.0 Å². The largest absolute Gasteiger partial charge is 0.491 e. The van der Waals surface area contributed by atoms with Gasteiger partial charge in [0.25, 0.3) is 0 Å². The summed E-state index contributed by atoms with van der Waals surface area (Å²) in [5.41, 5.74) is 2.70. The van der Waals surface area contributed by atoms with Crippen LogP contribution >= 0.6 is 0 Å². The second-order valence-corrected chi connectivity index (χ2v) is 7.24. The highest BCUT2D eigenvalue weighted by Crippen LogP contribution is 2.35. The summed E-state index contributed by atoms with van der Waals surface area (Å²) in [6.45, 7) is 8.77. The molecule has 3 aliphatic rings. The molecule has 1 saturated heterocycles. The van der Waals surface area contributed by atoms with Crippen LogP contribution in [0.4, 0.5) is 5.69 Å². The number of anilines is 1. The van der Waals surface area contributed by atoms with Crippen molar-refractivity contribution in [3.63, 3.8) is 0 Å². The lowest BCUT2D eigenvalue weighted by Gasteiger charge is -2.37. The van der Waals surface area contributed by atoms with E-state index >= 15 is 0 Å². The number of aryl methyl sites for hydroxylation is 1. The molecule has 4 rings (SSSR count). The van der Waals surface area contributed by atoms with Crippen LogP contribution < -0.4 is 15.0 Å². The Hall–Kier alpha value is -1.88. The molecular weight excluding hydrogens is 312 g/mol. The molecule has 0 spiro atoms. The van der Waals surface area contributed by atoms with Crippen LogP contribution in [0.1, 0.15) is 24.8 Å². The molecule has 5 nitrogen and oxygen atoms in total. The van der Waals surface area contributed by atoms with Crippen LogP contribution in [0.5, 0.6) is 5.75 Å². The second-order valence-electron chi connectivity index (χ2n) is 7.24. The summed E-state index contributed by atoms with van der Waals surface area (Å²) in [6.07, 6.45) is 9.05. The number of nitrogens with one attached hydrogen (secondary N) is 1. The van der Waals surface area contributed by atoms with Crippen LogP contribution in [-0.4, -0.2) is 62.3 Å². The van der Waals surface area contributed by atoms with Crippen molar-refractivity contribution in [2.75, 3.05) is 57.4 Å². The third-order valence-corrected chi connectivity index (χ3v) is 5.49. The first-order valence-electron chi connectivity index (χ1n) is 9.76. The molecule has 5 heteroatoms. The minimum absolute atomic E-state index is 0.867. The van der Waals surface area contributed by atoms with Crippen molar-refractivity contribution in [2.45, 2.75) is 25.7 Å². The van der Waals surface area contributed by atoms with Gasteiger partial charge in [0.1, 0.15) is 5.75 Å². The number of hydrogen-bond donors (Lipinski definition) is 1. The molecule has 0 amide bonds. The number of hydrogen-bond acceptors (Lipinski definition) is 5. The van der Waals surface area contributed by atoms with Gasteiger partial charge in [0.15, 0.2) is 0 Å². The van der Waals surface area contributed by atoms with E-state index in [1.807, 2.05) is 6.20 Å². The summed E-state index contributed by atoms with van der Waals surface area (Å²) in [5, 5.41) is 3.22. The first kappa shape index (κ1) is 16.6. The summed E-state index contributed by atoms with van der Waals surface area (Å²) < 4.78 is 5.99. The molecule has 0 bridgehead atoms. The highest BCUT2D eigenvalue weighted by atomic mass is 16.5. The van der Waals surface area contributed by atoms with E-state index in [1.165, 1.54) is 30.6 Å². The molecule has 1 fully saturated rings. The first-order chi connectivity index (χ1) is 12.4. The van der Waals surface area contributed by atoms with E-state index in [1.54, 1.807) is 0 Å². The molecule has 1 N–H and O–H groups in total. The maximum Gasteiger partial charge on any atom is 0.145 e. The number of nitrogens with zero attached hydrogens (tertiary/aromatic N) is 3. The number of piperazine rings is 1. The standard InChI is InChI=1S/C20H30N4O/c1(2-10-23-11-8-21-17-23)9-22-12-14-24(15-13-22)19-7-3-5-18-6-4-16-25-20(18)19/h3,5,7-8,11,21H,1-2,4,6,9-10,12-17H2. The lowest BCUT2D eigenvalue weighted by Crippen LogP contribution is -2.46. The zero-order chi connectivity index (χ0) is 16.9. The van der Waals surface area contributed by atoms with Crippen LogP contribution in [0.25, 0.3) is 0 Å². The van der Waals surface area contributed by atoms with E-state index in [-0.39, 0.29) is 0 Å². The predicted molar refractivity (Wildman–Crippen MR) is 102 cm³/mol. The molecule has 0 radical (unpaired) electrons. The average molecular weight is 342 g/mol. The Labute approximate surface area is 151 Å². The number of rotatable bonds is 6. The Morgan fingerprint density at radius 3 is 2.76 bits per heavy atom. The van der Waals surface area contributed by atoms with Gasteiger partial charge in [-0.2, -0.15) is 0 Å². The third-order valence-electron chi connectivity index (χ3n) is 5.49. The van der Waals surface area contributed by atoms with E-state index in [0.717, 1.165) is 64.6 Å². The van der Waals surface area contributed by atoms with Crippen molar-refractivity contribution < 1.29 is 4.74 Å². The van der Waals surface area contributed by atoms with Gasteiger partial charge in [-0.1, -0.05) is 12.1 Å². The second kappa shape index (κ2) is 8.00. The Morgan fingerprint density at radius 2 is 1.92 bits per heavy atom. The SMILES string of the molecule is C1=CN(CCCCN2CCN(c3cccc4c3OCCC4)CC2)CN1. The van der Waals surface area contributed by atoms with Crippen molar-refractivity contribution in [2.24, 2.45) is 0 Å². The Kier molecular flexibility index (Phi) is 5.31. The molecule has 1 aromatic carbocycles. The fourth-order valence-corrected chi connectivity index (χ4v) is 4.02. The van der Waals surface area contributed by atoms with Crippen molar-refractivity contribution in [3.8, 4) is 5.75 Å². The molecule has 25 heavy (non-hydrogen) atoms. The first-order valence-corrected chi connectivity index (χ1v) is 9.76. The summed E-state index contributed by atoms with van der Waals surface area (Å²) in [5.74, 6) is 1.15. The Balaban J connectivity index is 1.22. The number of fused-ring (bicyclic) bond motifs is 1. The van der Waals surface area contributed by atoms with Gasteiger partial charge in [0.05, 0.1) is 19.0 Å². The molecule has 136 valence electrons.